The van der Waals surface area contributed by atoms with Gasteiger partial charge in [-0.25, -0.2) is 5.10 Å². The van der Waals surface area contributed by atoms with Crippen LogP contribution in [0.4, 0.5) is 0 Å². The van der Waals surface area contributed by atoms with E-state index in [1.165, 1.54) is 0 Å². The number of aryl methyl sites for hydroxylation is 1. The number of H-pyrrole nitrogens is 1. The molecule has 27 heavy (non-hydrogen) atoms. The summed E-state index contributed by atoms with van der Waals surface area (Å²) in [7, 11) is 1.81. The summed E-state index contributed by atoms with van der Waals surface area (Å²) in [5.74, 6) is 0. The van der Waals surface area contributed by atoms with Crippen LogP contribution in [0.2, 0.25) is 0 Å². The van der Waals surface area contributed by atoms with Gasteiger partial charge in [-0.2, -0.15) is 15.5 Å². The molecule has 0 unspecified atom stereocenters. The Kier molecular flexibility index (Phi) is 3.99. The maximum absolute atomic E-state index is 12.1. The van der Waals surface area contributed by atoms with Gasteiger partial charge in [0.25, 0.3) is 5.56 Å². The number of hydrogen-bond acceptors (Lipinski definition) is 6. The minimum atomic E-state index is -0.265. The van der Waals surface area contributed by atoms with Crippen molar-refractivity contribution in [3.8, 4) is 28.5 Å². The van der Waals surface area contributed by atoms with Gasteiger partial charge in [0.2, 0.25) is 0 Å². The highest BCUT2D eigenvalue weighted by Gasteiger charge is 2.17. The zero-order valence-electron chi connectivity index (χ0n) is 14.5. The molecule has 0 bridgehead atoms. The average molecular weight is 357 g/mol. The third kappa shape index (κ3) is 2.67. The SMILES string of the molecule is Cn1ncc(-c2ccc3c(=O)[nH]nc(CN)c3c2)c1-c1cnccc1C#N. The third-order valence-electron chi connectivity index (χ3n) is 4.51. The molecule has 8 heteroatoms. The summed E-state index contributed by atoms with van der Waals surface area (Å²) in [6.45, 7) is 0.206. The van der Waals surface area contributed by atoms with Gasteiger partial charge in [0.15, 0.2) is 0 Å². The molecule has 4 rings (SSSR count). The molecule has 0 amide bonds. The van der Waals surface area contributed by atoms with Crippen LogP contribution in [0.1, 0.15) is 11.3 Å². The summed E-state index contributed by atoms with van der Waals surface area (Å²) in [6.07, 6.45) is 4.96. The Morgan fingerprint density at radius 3 is 2.85 bits per heavy atom. The minimum absolute atomic E-state index is 0.206. The molecule has 0 fully saturated rings. The fourth-order valence-corrected chi connectivity index (χ4v) is 3.19. The number of hydrogen-bond donors (Lipinski definition) is 2. The highest BCUT2D eigenvalue weighted by atomic mass is 16.1. The Morgan fingerprint density at radius 1 is 1.22 bits per heavy atom. The molecule has 132 valence electrons. The molecule has 1 aromatic carbocycles. The number of pyridine rings is 1. The number of aromatic nitrogens is 5. The quantitative estimate of drug-likeness (QED) is 0.575. The third-order valence-corrected chi connectivity index (χ3v) is 4.51. The number of nitriles is 1. The number of fused-ring (bicyclic) bond motifs is 1. The van der Waals surface area contributed by atoms with E-state index in [4.69, 9.17) is 5.73 Å². The first-order valence-electron chi connectivity index (χ1n) is 8.22. The van der Waals surface area contributed by atoms with Gasteiger partial charge >= 0.3 is 0 Å². The minimum Gasteiger partial charge on any atom is -0.325 e. The van der Waals surface area contributed by atoms with Crippen LogP contribution in [0.15, 0.2) is 47.7 Å². The molecule has 8 nitrogen and oxygen atoms in total. The van der Waals surface area contributed by atoms with E-state index in [9.17, 15) is 10.1 Å². The summed E-state index contributed by atoms with van der Waals surface area (Å²) in [5, 5.41) is 21.5. The lowest BCUT2D eigenvalue weighted by Crippen LogP contribution is -2.13. The topological polar surface area (TPSA) is 126 Å². The highest BCUT2D eigenvalue weighted by Crippen LogP contribution is 2.34. The first-order chi connectivity index (χ1) is 13.1. The van der Waals surface area contributed by atoms with Crippen molar-refractivity contribution in [3.05, 3.63) is 64.5 Å². The van der Waals surface area contributed by atoms with Crippen molar-refractivity contribution in [2.75, 3.05) is 0 Å². The predicted molar refractivity (Wildman–Crippen MR) is 100 cm³/mol. The van der Waals surface area contributed by atoms with Crippen molar-refractivity contribution in [3.63, 3.8) is 0 Å². The number of rotatable bonds is 3. The number of nitrogens with two attached hydrogens (primary N) is 1. The summed E-state index contributed by atoms with van der Waals surface area (Å²) in [5.41, 5.74) is 9.76. The molecular formula is C19H15N7O. The van der Waals surface area contributed by atoms with E-state index in [0.29, 0.717) is 27.6 Å². The molecule has 4 aromatic rings. The molecule has 0 spiro atoms. The van der Waals surface area contributed by atoms with Crippen molar-refractivity contribution in [1.82, 2.24) is 25.0 Å². The van der Waals surface area contributed by atoms with E-state index in [2.05, 4.69) is 26.3 Å². The van der Waals surface area contributed by atoms with Crippen LogP contribution in [-0.4, -0.2) is 25.0 Å². The van der Waals surface area contributed by atoms with Crippen molar-refractivity contribution in [2.45, 2.75) is 6.54 Å². The van der Waals surface area contributed by atoms with Crippen molar-refractivity contribution in [2.24, 2.45) is 12.8 Å². The largest absolute Gasteiger partial charge is 0.325 e. The van der Waals surface area contributed by atoms with Crippen LogP contribution in [0.3, 0.4) is 0 Å². The number of nitrogens with zero attached hydrogens (tertiary/aromatic N) is 5. The summed E-state index contributed by atoms with van der Waals surface area (Å²) in [4.78, 5) is 16.2. The second kappa shape index (κ2) is 6.48. The second-order valence-corrected chi connectivity index (χ2v) is 6.03. The Labute approximate surface area is 153 Å². The Hall–Kier alpha value is -3.83. The molecule has 3 aromatic heterocycles. The van der Waals surface area contributed by atoms with E-state index < -0.39 is 0 Å². The van der Waals surface area contributed by atoms with Crippen molar-refractivity contribution in [1.29, 1.82) is 5.26 Å². The first-order valence-corrected chi connectivity index (χ1v) is 8.22. The molecule has 3 heterocycles. The van der Waals surface area contributed by atoms with Gasteiger partial charge in [-0.3, -0.25) is 14.5 Å². The maximum atomic E-state index is 12.1. The lowest BCUT2D eigenvalue weighted by Gasteiger charge is -2.09. The summed E-state index contributed by atoms with van der Waals surface area (Å²) >= 11 is 0. The van der Waals surface area contributed by atoms with E-state index in [0.717, 1.165) is 16.8 Å². The van der Waals surface area contributed by atoms with Gasteiger partial charge in [0.1, 0.15) is 0 Å². The van der Waals surface area contributed by atoms with E-state index in [1.807, 2.05) is 19.2 Å². The monoisotopic (exact) mass is 357 g/mol. The smallest absolute Gasteiger partial charge is 0.272 e. The molecule has 0 saturated carbocycles. The normalized spacial score (nSPS) is 10.9. The van der Waals surface area contributed by atoms with Crippen LogP contribution in [0, 0.1) is 11.3 Å². The standard InChI is InChI=1S/C19H15N7O/c1-26-18(15-9-22-5-4-12(15)7-20)16(10-23-26)11-2-3-13-14(6-11)17(8-21)24-25-19(13)27/h2-6,9-10H,8,21H2,1H3,(H,25,27). The molecule has 0 aliphatic carbocycles. The zero-order valence-corrected chi connectivity index (χ0v) is 14.5. The van der Waals surface area contributed by atoms with Crippen LogP contribution in [-0.2, 0) is 13.6 Å². The van der Waals surface area contributed by atoms with Crippen LogP contribution < -0.4 is 11.3 Å². The van der Waals surface area contributed by atoms with E-state index in [1.54, 1.807) is 35.4 Å². The van der Waals surface area contributed by atoms with E-state index >= 15 is 0 Å². The fourth-order valence-electron chi connectivity index (χ4n) is 3.19. The zero-order chi connectivity index (χ0) is 19.0. The van der Waals surface area contributed by atoms with Gasteiger partial charge in [-0.15, -0.1) is 0 Å². The summed E-state index contributed by atoms with van der Waals surface area (Å²) in [6, 6.07) is 9.33. The molecule has 0 saturated heterocycles. The van der Waals surface area contributed by atoms with Gasteiger partial charge in [0, 0.05) is 42.5 Å². The van der Waals surface area contributed by atoms with E-state index in [-0.39, 0.29) is 12.1 Å². The fraction of sp³-hybridized carbons (Fsp3) is 0.105. The lowest BCUT2D eigenvalue weighted by atomic mass is 9.97. The van der Waals surface area contributed by atoms with Crippen molar-refractivity contribution < 1.29 is 0 Å². The van der Waals surface area contributed by atoms with Crippen LogP contribution >= 0.6 is 0 Å². The number of benzene rings is 1. The average Bonchev–Trinajstić information content (AvgIpc) is 3.09. The lowest BCUT2D eigenvalue weighted by molar-refractivity contribution is 0.775. The van der Waals surface area contributed by atoms with Gasteiger partial charge in [0.05, 0.1) is 34.6 Å². The molecule has 0 aliphatic heterocycles. The Morgan fingerprint density at radius 2 is 2.07 bits per heavy atom. The molecule has 0 aliphatic rings. The van der Waals surface area contributed by atoms with Crippen molar-refractivity contribution >= 4 is 10.8 Å². The van der Waals surface area contributed by atoms with Gasteiger partial charge < -0.3 is 5.73 Å². The van der Waals surface area contributed by atoms with Crippen LogP contribution in [0.25, 0.3) is 33.2 Å². The van der Waals surface area contributed by atoms with Gasteiger partial charge in [-0.1, -0.05) is 6.07 Å². The highest BCUT2D eigenvalue weighted by molar-refractivity contribution is 5.91. The molecule has 0 atom stereocenters. The maximum Gasteiger partial charge on any atom is 0.272 e. The molecular weight excluding hydrogens is 342 g/mol. The first kappa shape index (κ1) is 16.6. The molecule has 0 radical (unpaired) electrons. The van der Waals surface area contributed by atoms with Crippen LogP contribution in [0.5, 0.6) is 0 Å². The Balaban J connectivity index is 1.99. The molecule has 3 N–H and O–H groups in total. The summed E-state index contributed by atoms with van der Waals surface area (Å²) < 4.78 is 1.71. The van der Waals surface area contributed by atoms with Gasteiger partial charge in [-0.05, 0) is 23.8 Å². The number of aromatic amines is 1. The Bertz CT molecular complexity index is 1260. The predicted octanol–water partition coefficient (Wildman–Crippen LogP) is 1.72. The second-order valence-electron chi connectivity index (χ2n) is 6.03. The number of nitrogens with one attached hydrogen (secondary N) is 1.